The molecule has 0 aliphatic carbocycles. The Morgan fingerprint density at radius 2 is 1.17 bits per heavy atom. The molecule has 2 fully saturated rings. The number of nitrogens with zero attached hydrogens (tertiary/aromatic N) is 2. The summed E-state index contributed by atoms with van der Waals surface area (Å²) in [7, 11) is 4.12. The molecule has 6 nitrogen and oxygen atoms in total. The Morgan fingerprint density at radius 3 is 1.47 bits per heavy atom. The summed E-state index contributed by atoms with van der Waals surface area (Å²) >= 11 is 0. The first-order valence-corrected chi connectivity index (χ1v) is 10.9. The summed E-state index contributed by atoms with van der Waals surface area (Å²) in [4.78, 5) is 0. The number of aromatic nitrogens is 2. The van der Waals surface area contributed by atoms with Crippen LogP contribution in [-0.2, 0) is 33.0 Å². The lowest BCUT2D eigenvalue weighted by Gasteiger charge is -2.52. The van der Waals surface area contributed by atoms with Crippen LogP contribution in [0.1, 0.15) is 51.3 Å². The van der Waals surface area contributed by atoms with Gasteiger partial charge in [0, 0.05) is 48.7 Å². The molecule has 166 valence electrons. The van der Waals surface area contributed by atoms with Gasteiger partial charge >= 0.3 is 0 Å². The Hall–Kier alpha value is -1.60. The van der Waals surface area contributed by atoms with E-state index in [-0.39, 0.29) is 35.2 Å². The van der Waals surface area contributed by atoms with Crippen molar-refractivity contribution in [2.24, 2.45) is 24.9 Å². The first-order chi connectivity index (χ1) is 14.2. The minimum absolute atomic E-state index is 0.0583. The summed E-state index contributed by atoms with van der Waals surface area (Å²) in [5.74, 6) is 0. The Balaban J connectivity index is 1.13. The quantitative estimate of drug-likeness (QED) is 0.579. The van der Waals surface area contributed by atoms with Crippen LogP contribution >= 0.6 is 0 Å². The van der Waals surface area contributed by atoms with Gasteiger partial charge in [0.05, 0.1) is 38.6 Å². The molecular weight excluding hydrogens is 380 g/mol. The molecule has 0 radical (unpaired) electrons. The number of hydrogen-bond donors (Lipinski definition) is 0. The van der Waals surface area contributed by atoms with Crippen molar-refractivity contribution < 1.29 is 18.9 Å². The number of aryl methyl sites for hydroxylation is 2. The molecule has 4 atom stereocenters. The molecule has 0 saturated carbocycles. The predicted octanol–water partition coefficient (Wildman–Crippen LogP) is 4.03. The Morgan fingerprint density at radius 1 is 0.767 bits per heavy atom. The molecule has 2 aromatic rings. The maximum atomic E-state index is 6.13. The second kappa shape index (κ2) is 8.15. The van der Waals surface area contributed by atoms with E-state index in [1.54, 1.807) is 0 Å². The largest absolute Gasteiger partial charge is 0.376 e. The highest BCUT2D eigenvalue weighted by Gasteiger charge is 2.52. The zero-order valence-electron chi connectivity index (χ0n) is 19.1. The van der Waals surface area contributed by atoms with E-state index in [2.05, 4.69) is 87.6 Å². The smallest absolute Gasteiger partial charge is 0.106 e. The van der Waals surface area contributed by atoms with E-state index in [1.165, 1.54) is 11.4 Å². The van der Waals surface area contributed by atoms with Gasteiger partial charge in [-0.2, -0.15) is 0 Å². The fourth-order valence-corrected chi connectivity index (χ4v) is 4.62. The van der Waals surface area contributed by atoms with Gasteiger partial charge in [-0.25, -0.2) is 0 Å². The Labute approximate surface area is 180 Å². The SMILES string of the molecule is Cn1cccc1C1OC(COCCOCC2OC(c3cccn3C)C2(C)C)C1(C)C. The van der Waals surface area contributed by atoms with Gasteiger partial charge in [-0.15, -0.1) is 0 Å². The van der Waals surface area contributed by atoms with Crippen LogP contribution in [0.25, 0.3) is 0 Å². The Bertz CT molecular complexity index is 783. The average Bonchev–Trinajstić information content (AvgIpc) is 3.29. The summed E-state index contributed by atoms with van der Waals surface area (Å²) in [5, 5.41) is 0. The normalized spacial score (nSPS) is 29.4. The van der Waals surface area contributed by atoms with E-state index in [9.17, 15) is 0 Å². The van der Waals surface area contributed by atoms with Crippen LogP contribution in [0.2, 0.25) is 0 Å². The number of hydrogen-bond acceptors (Lipinski definition) is 4. The van der Waals surface area contributed by atoms with Crippen molar-refractivity contribution >= 4 is 0 Å². The van der Waals surface area contributed by atoms with Crippen LogP contribution in [0.3, 0.4) is 0 Å². The molecule has 2 aromatic heterocycles. The maximum absolute atomic E-state index is 6.13. The van der Waals surface area contributed by atoms with Crippen molar-refractivity contribution in [1.29, 1.82) is 0 Å². The zero-order chi connectivity index (χ0) is 21.5. The number of rotatable bonds is 9. The van der Waals surface area contributed by atoms with Crippen molar-refractivity contribution in [2.75, 3.05) is 26.4 Å². The molecule has 2 aliphatic heterocycles. The van der Waals surface area contributed by atoms with Gasteiger partial charge in [0.15, 0.2) is 0 Å². The third kappa shape index (κ3) is 3.75. The molecule has 0 N–H and O–H groups in total. The molecule has 0 aromatic carbocycles. The summed E-state index contributed by atoms with van der Waals surface area (Å²) in [6, 6.07) is 8.38. The molecule has 0 bridgehead atoms. The standard InChI is InChI=1S/C24H36N2O4/c1-23(2)19(29-21(23)17-9-7-11-25(17)5)15-27-13-14-28-16-20-24(3,4)22(30-20)18-10-8-12-26(18)6/h7-12,19-22H,13-16H2,1-6H3. The van der Waals surface area contributed by atoms with Crippen molar-refractivity contribution in [3.05, 3.63) is 48.0 Å². The van der Waals surface area contributed by atoms with Gasteiger partial charge < -0.3 is 28.1 Å². The second-order valence-electron chi connectivity index (χ2n) is 9.89. The van der Waals surface area contributed by atoms with Crippen molar-refractivity contribution in [1.82, 2.24) is 9.13 Å². The van der Waals surface area contributed by atoms with Gasteiger partial charge in [-0.05, 0) is 24.3 Å². The van der Waals surface area contributed by atoms with Crippen LogP contribution in [0, 0.1) is 10.8 Å². The topological polar surface area (TPSA) is 46.8 Å². The highest BCUT2D eigenvalue weighted by Crippen LogP contribution is 2.52. The monoisotopic (exact) mass is 416 g/mol. The Kier molecular flexibility index (Phi) is 5.88. The lowest BCUT2D eigenvalue weighted by atomic mass is 9.74. The second-order valence-corrected chi connectivity index (χ2v) is 9.89. The highest BCUT2D eigenvalue weighted by molar-refractivity contribution is 5.18. The molecule has 2 aliphatic rings. The highest BCUT2D eigenvalue weighted by atomic mass is 16.6. The minimum Gasteiger partial charge on any atom is -0.376 e. The van der Waals surface area contributed by atoms with Gasteiger partial charge in [0.25, 0.3) is 0 Å². The molecule has 2 saturated heterocycles. The van der Waals surface area contributed by atoms with Crippen LogP contribution in [0.4, 0.5) is 0 Å². The summed E-state index contributed by atoms with van der Waals surface area (Å²) < 4.78 is 28.2. The lowest BCUT2D eigenvalue weighted by Crippen LogP contribution is -2.53. The van der Waals surface area contributed by atoms with Crippen LogP contribution in [0.5, 0.6) is 0 Å². The van der Waals surface area contributed by atoms with E-state index < -0.39 is 0 Å². The summed E-state index contributed by atoms with van der Waals surface area (Å²) in [6.45, 7) is 11.3. The maximum Gasteiger partial charge on any atom is 0.106 e. The summed E-state index contributed by atoms with van der Waals surface area (Å²) in [5.41, 5.74) is 2.55. The average molecular weight is 417 g/mol. The van der Waals surface area contributed by atoms with E-state index in [1.807, 2.05) is 0 Å². The summed E-state index contributed by atoms with van der Waals surface area (Å²) in [6.07, 6.45) is 4.58. The molecule has 30 heavy (non-hydrogen) atoms. The van der Waals surface area contributed by atoms with E-state index in [0.29, 0.717) is 26.4 Å². The molecule has 4 heterocycles. The van der Waals surface area contributed by atoms with Crippen LogP contribution in [-0.4, -0.2) is 47.8 Å². The van der Waals surface area contributed by atoms with Gasteiger partial charge in [0.1, 0.15) is 12.2 Å². The van der Waals surface area contributed by atoms with Gasteiger partial charge in [-0.1, -0.05) is 27.7 Å². The van der Waals surface area contributed by atoms with E-state index in [4.69, 9.17) is 18.9 Å². The minimum atomic E-state index is 0.0583. The third-order valence-electron chi connectivity index (χ3n) is 7.03. The first-order valence-electron chi connectivity index (χ1n) is 10.9. The van der Waals surface area contributed by atoms with E-state index in [0.717, 1.165) is 0 Å². The van der Waals surface area contributed by atoms with Gasteiger partial charge in [0.2, 0.25) is 0 Å². The third-order valence-corrected chi connectivity index (χ3v) is 7.03. The predicted molar refractivity (Wildman–Crippen MR) is 115 cm³/mol. The first kappa shape index (κ1) is 21.6. The molecule has 4 unspecified atom stereocenters. The molecule has 4 rings (SSSR count). The van der Waals surface area contributed by atoms with Crippen LogP contribution < -0.4 is 0 Å². The van der Waals surface area contributed by atoms with Gasteiger partial charge in [-0.3, -0.25) is 0 Å². The van der Waals surface area contributed by atoms with E-state index >= 15 is 0 Å². The zero-order valence-corrected chi connectivity index (χ0v) is 19.1. The fourth-order valence-electron chi connectivity index (χ4n) is 4.62. The van der Waals surface area contributed by atoms with Crippen LogP contribution in [0.15, 0.2) is 36.7 Å². The lowest BCUT2D eigenvalue weighted by molar-refractivity contribution is -0.263. The number of ether oxygens (including phenoxy) is 4. The molecule has 0 amide bonds. The molecule has 6 heteroatoms. The van der Waals surface area contributed by atoms with Crippen molar-refractivity contribution in [3.63, 3.8) is 0 Å². The fraction of sp³-hybridized carbons (Fsp3) is 0.667. The van der Waals surface area contributed by atoms with Crippen molar-refractivity contribution in [2.45, 2.75) is 52.1 Å². The molecule has 0 spiro atoms. The van der Waals surface area contributed by atoms with Crippen molar-refractivity contribution in [3.8, 4) is 0 Å². The molecular formula is C24H36N2O4.